The molecule has 164 valence electrons. The van der Waals surface area contributed by atoms with Crippen LogP contribution >= 0.6 is 11.6 Å². The van der Waals surface area contributed by atoms with E-state index in [2.05, 4.69) is 10.6 Å². The molecule has 1 aliphatic heterocycles. The molecule has 2 N–H and O–H groups in total. The van der Waals surface area contributed by atoms with Gasteiger partial charge in [-0.05, 0) is 42.0 Å². The number of methoxy groups -OCH3 is 3. The van der Waals surface area contributed by atoms with Crippen LogP contribution in [0.2, 0.25) is 5.02 Å². The molecule has 0 aliphatic carbocycles. The maximum atomic E-state index is 12.4. The molecule has 0 radical (unpaired) electrons. The van der Waals surface area contributed by atoms with Crippen molar-refractivity contribution >= 4 is 40.9 Å². The Morgan fingerprint density at radius 2 is 1.84 bits per heavy atom. The maximum absolute atomic E-state index is 12.4. The first-order valence-corrected chi connectivity index (χ1v) is 9.93. The van der Waals surface area contributed by atoms with Crippen molar-refractivity contribution in [3.63, 3.8) is 0 Å². The van der Waals surface area contributed by atoms with Gasteiger partial charge in [-0.15, -0.1) is 0 Å². The fourth-order valence-electron chi connectivity index (χ4n) is 3.24. The zero-order valence-electron chi connectivity index (χ0n) is 17.5. The zero-order chi connectivity index (χ0) is 22.4. The predicted octanol–water partition coefficient (Wildman–Crippen LogP) is 2.95. The number of nitrogens with zero attached hydrogens (tertiary/aromatic N) is 1. The second-order valence-corrected chi connectivity index (χ2v) is 7.13. The molecule has 1 fully saturated rings. The SMILES string of the molecule is COc1cc(/C=C/C(=O)Nc2ccc(N3CCNC(=O)C3)c(Cl)c2)cc(OC)c1OC. The number of anilines is 2. The number of nitrogens with one attached hydrogen (secondary N) is 2. The number of hydrogen-bond donors (Lipinski definition) is 2. The fourth-order valence-corrected chi connectivity index (χ4v) is 3.54. The fraction of sp³-hybridized carbons (Fsp3) is 0.273. The van der Waals surface area contributed by atoms with E-state index in [0.717, 1.165) is 5.69 Å². The Hall–Kier alpha value is -3.39. The van der Waals surface area contributed by atoms with Gasteiger partial charge in [0.1, 0.15) is 0 Å². The first kappa shape index (κ1) is 22.3. The molecule has 0 unspecified atom stereocenters. The summed E-state index contributed by atoms with van der Waals surface area (Å²) in [5, 5.41) is 6.01. The molecule has 8 nitrogen and oxygen atoms in total. The first-order chi connectivity index (χ1) is 14.9. The first-order valence-electron chi connectivity index (χ1n) is 9.55. The molecule has 2 aromatic rings. The normalized spacial score (nSPS) is 13.7. The smallest absolute Gasteiger partial charge is 0.248 e. The molecule has 31 heavy (non-hydrogen) atoms. The third-order valence-corrected chi connectivity index (χ3v) is 5.01. The molecule has 0 aromatic heterocycles. The van der Waals surface area contributed by atoms with E-state index in [1.807, 2.05) is 4.90 Å². The van der Waals surface area contributed by atoms with Crippen LogP contribution in [0.15, 0.2) is 36.4 Å². The van der Waals surface area contributed by atoms with Gasteiger partial charge in [-0.3, -0.25) is 9.59 Å². The summed E-state index contributed by atoms with van der Waals surface area (Å²) in [6, 6.07) is 8.68. The van der Waals surface area contributed by atoms with Crippen molar-refractivity contribution in [3.05, 3.63) is 47.0 Å². The lowest BCUT2D eigenvalue weighted by atomic mass is 10.1. The number of piperazine rings is 1. The molecular formula is C22H24ClN3O5. The predicted molar refractivity (Wildman–Crippen MR) is 120 cm³/mol. The van der Waals surface area contributed by atoms with Gasteiger partial charge >= 0.3 is 0 Å². The minimum atomic E-state index is -0.324. The zero-order valence-corrected chi connectivity index (χ0v) is 18.3. The van der Waals surface area contributed by atoms with Crippen LogP contribution in [0.25, 0.3) is 6.08 Å². The minimum Gasteiger partial charge on any atom is -0.493 e. The second-order valence-electron chi connectivity index (χ2n) is 6.72. The second kappa shape index (κ2) is 10.1. The molecule has 1 aliphatic rings. The summed E-state index contributed by atoms with van der Waals surface area (Å²) >= 11 is 6.38. The van der Waals surface area contributed by atoms with Gasteiger partial charge in [-0.25, -0.2) is 0 Å². The van der Waals surface area contributed by atoms with Crippen LogP contribution in [0, 0.1) is 0 Å². The molecule has 0 saturated carbocycles. The topological polar surface area (TPSA) is 89.1 Å². The number of halogens is 1. The van der Waals surface area contributed by atoms with Crippen LogP contribution in [0.1, 0.15) is 5.56 Å². The van der Waals surface area contributed by atoms with E-state index < -0.39 is 0 Å². The lowest BCUT2D eigenvalue weighted by molar-refractivity contribution is -0.120. The Kier molecular flexibility index (Phi) is 7.25. The van der Waals surface area contributed by atoms with Gasteiger partial charge in [0.2, 0.25) is 17.6 Å². The standard InChI is InChI=1S/C22H24ClN3O5/c1-29-18-10-14(11-19(30-2)22(18)31-3)4-7-20(27)25-15-5-6-17(16(23)12-15)26-9-8-24-21(28)13-26/h4-7,10-12H,8-9,13H2,1-3H3,(H,24,28)(H,25,27)/b7-4+. The van der Waals surface area contributed by atoms with Gasteiger partial charge in [-0.2, -0.15) is 0 Å². The maximum Gasteiger partial charge on any atom is 0.248 e. The molecule has 9 heteroatoms. The molecule has 2 aromatic carbocycles. The van der Waals surface area contributed by atoms with E-state index >= 15 is 0 Å². The quantitative estimate of drug-likeness (QED) is 0.637. The van der Waals surface area contributed by atoms with Gasteiger partial charge < -0.3 is 29.7 Å². The summed E-state index contributed by atoms with van der Waals surface area (Å²) in [4.78, 5) is 25.9. The van der Waals surface area contributed by atoms with Crippen molar-refractivity contribution in [2.75, 3.05) is 51.2 Å². The summed E-state index contributed by atoms with van der Waals surface area (Å²) in [7, 11) is 4.59. The number of benzene rings is 2. The number of carbonyl (C=O) groups is 2. The lowest BCUT2D eigenvalue weighted by Crippen LogP contribution is -2.47. The van der Waals surface area contributed by atoms with Crippen LogP contribution in [0.3, 0.4) is 0 Å². The average molecular weight is 446 g/mol. The molecule has 0 atom stereocenters. The summed E-state index contributed by atoms with van der Waals surface area (Å²) in [5.41, 5.74) is 2.01. The third-order valence-electron chi connectivity index (χ3n) is 4.71. The Balaban J connectivity index is 1.70. The molecule has 3 rings (SSSR count). The van der Waals surface area contributed by atoms with E-state index in [1.165, 1.54) is 27.4 Å². The van der Waals surface area contributed by atoms with Crippen molar-refractivity contribution in [2.24, 2.45) is 0 Å². The molecular weight excluding hydrogens is 422 g/mol. The van der Waals surface area contributed by atoms with E-state index in [0.29, 0.717) is 46.6 Å². The van der Waals surface area contributed by atoms with Crippen molar-refractivity contribution < 1.29 is 23.8 Å². The highest BCUT2D eigenvalue weighted by Gasteiger charge is 2.19. The van der Waals surface area contributed by atoms with Crippen LogP contribution in [-0.4, -0.2) is 52.8 Å². The molecule has 0 bridgehead atoms. The van der Waals surface area contributed by atoms with Gasteiger partial charge in [0.15, 0.2) is 11.5 Å². The highest BCUT2D eigenvalue weighted by molar-refractivity contribution is 6.33. The van der Waals surface area contributed by atoms with Crippen LogP contribution in [0.5, 0.6) is 17.2 Å². The van der Waals surface area contributed by atoms with Gasteiger partial charge in [0, 0.05) is 24.9 Å². The Labute approximate surface area is 185 Å². The van der Waals surface area contributed by atoms with Crippen molar-refractivity contribution in [1.29, 1.82) is 0 Å². The Bertz CT molecular complexity index is 984. The number of carbonyl (C=O) groups excluding carboxylic acids is 2. The van der Waals surface area contributed by atoms with Gasteiger partial charge in [0.25, 0.3) is 0 Å². The van der Waals surface area contributed by atoms with Crippen LogP contribution in [-0.2, 0) is 9.59 Å². The lowest BCUT2D eigenvalue weighted by Gasteiger charge is -2.29. The largest absolute Gasteiger partial charge is 0.493 e. The number of hydrogen-bond acceptors (Lipinski definition) is 6. The van der Waals surface area contributed by atoms with Crippen LogP contribution < -0.4 is 29.7 Å². The molecule has 0 spiro atoms. The Morgan fingerprint density at radius 3 is 2.42 bits per heavy atom. The van der Waals surface area contributed by atoms with E-state index in [9.17, 15) is 9.59 Å². The minimum absolute atomic E-state index is 0.0448. The van der Waals surface area contributed by atoms with Gasteiger partial charge in [0.05, 0.1) is 38.6 Å². The summed E-state index contributed by atoms with van der Waals surface area (Å²) in [6.45, 7) is 1.50. The Morgan fingerprint density at radius 1 is 1.13 bits per heavy atom. The van der Waals surface area contributed by atoms with E-state index in [-0.39, 0.29) is 18.4 Å². The number of rotatable bonds is 7. The van der Waals surface area contributed by atoms with Crippen molar-refractivity contribution in [2.45, 2.75) is 0 Å². The molecule has 1 heterocycles. The van der Waals surface area contributed by atoms with E-state index in [4.69, 9.17) is 25.8 Å². The van der Waals surface area contributed by atoms with E-state index in [1.54, 1.807) is 36.4 Å². The third kappa shape index (κ3) is 5.40. The summed E-state index contributed by atoms with van der Waals surface area (Å²) in [5.74, 6) is 1.10. The number of ether oxygens (including phenoxy) is 3. The molecule has 2 amide bonds. The van der Waals surface area contributed by atoms with Crippen molar-refractivity contribution in [3.8, 4) is 17.2 Å². The van der Waals surface area contributed by atoms with Crippen LogP contribution in [0.4, 0.5) is 11.4 Å². The number of amides is 2. The van der Waals surface area contributed by atoms with Gasteiger partial charge in [-0.1, -0.05) is 11.6 Å². The average Bonchev–Trinajstić information content (AvgIpc) is 2.76. The highest BCUT2D eigenvalue weighted by Crippen LogP contribution is 2.38. The monoisotopic (exact) mass is 445 g/mol. The highest BCUT2D eigenvalue weighted by atomic mass is 35.5. The van der Waals surface area contributed by atoms with Crippen molar-refractivity contribution in [1.82, 2.24) is 5.32 Å². The summed E-state index contributed by atoms with van der Waals surface area (Å²) < 4.78 is 15.9. The summed E-state index contributed by atoms with van der Waals surface area (Å²) in [6.07, 6.45) is 3.04. The molecule has 1 saturated heterocycles.